The predicted octanol–water partition coefficient (Wildman–Crippen LogP) is 4.04. The van der Waals surface area contributed by atoms with Crippen LogP contribution in [0.2, 0.25) is 0 Å². The number of hydrogen-bond acceptors (Lipinski definition) is 4. The van der Waals surface area contributed by atoms with Gasteiger partial charge in [0, 0.05) is 29.8 Å². The molecule has 2 aromatic heterocycles. The van der Waals surface area contributed by atoms with Gasteiger partial charge in [-0.1, -0.05) is 19.3 Å². The van der Waals surface area contributed by atoms with Crippen LogP contribution in [0, 0.1) is 5.92 Å². The zero-order chi connectivity index (χ0) is 15.1. The fourth-order valence-corrected chi connectivity index (χ4v) is 4.59. The van der Waals surface area contributed by atoms with Gasteiger partial charge in [-0.05, 0) is 25.3 Å². The Morgan fingerprint density at radius 1 is 1.32 bits per heavy atom. The first-order valence-corrected chi connectivity index (χ1v) is 8.89. The quantitative estimate of drug-likeness (QED) is 0.840. The van der Waals surface area contributed by atoms with Gasteiger partial charge in [0.15, 0.2) is 5.13 Å². The number of thiazole rings is 1. The SMILES string of the molecule is CN(C(=O)C1CCCCC1)c1nc2c(s1)CCc1occc1-2. The molecule has 0 aliphatic heterocycles. The highest BCUT2D eigenvalue weighted by Crippen LogP contribution is 2.40. The number of amides is 1. The second-order valence-corrected chi connectivity index (χ2v) is 7.32. The molecule has 22 heavy (non-hydrogen) atoms. The predicted molar refractivity (Wildman–Crippen MR) is 87.2 cm³/mol. The zero-order valence-electron chi connectivity index (χ0n) is 12.8. The van der Waals surface area contributed by atoms with Crippen LogP contribution in [0.5, 0.6) is 0 Å². The molecule has 2 aliphatic carbocycles. The Hall–Kier alpha value is -1.62. The topological polar surface area (TPSA) is 46.3 Å². The van der Waals surface area contributed by atoms with Gasteiger partial charge in [-0.2, -0.15) is 0 Å². The molecule has 0 atom stereocenters. The molecule has 0 saturated heterocycles. The highest BCUT2D eigenvalue weighted by Gasteiger charge is 2.29. The summed E-state index contributed by atoms with van der Waals surface area (Å²) < 4.78 is 5.51. The van der Waals surface area contributed by atoms with Crippen molar-refractivity contribution in [1.29, 1.82) is 0 Å². The Labute approximate surface area is 134 Å². The van der Waals surface area contributed by atoms with Crippen LogP contribution in [0.1, 0.15) is 42.7 Å². The van der Waals surface area contributed by atoms with E-state index in [9.17, 15) is 4.79 Å². The van der Waals surface area contributed by atoms with E-state index >= 15 is 0 Å². The molecule has 1 saturated carbocycles. The molecule has 4 rings (SSSR count). The van der Waals surface area contributed by atoms with Crippen LogP contribution in [0.4, 0.5) is 5.13 Å². The van der Waals surface area contributed by atoms with Crippen molar-refractivity contribution in [3.63, 3.8) is 0 Å². The van der Waals surface area contributed by atoms with Gasteiger partial charge in [-0.15, -0.1) is 11.3 Å². The van der Waals surface area contributed by atoms with Gasteiger partial charge in [0.2, 0.25) is 5.91 Å². The number of fused-ring (bicyclic) bond motifs is 3. The lowest BCUT2D eigenvalue weighted by Gasteiger charge is -2.24. The second kappa shape index (κ2) is 5.54. The van der Waals surface area contributed by atoms with Gasteiger partial charge in [0.1, 0.15) is 5.76 Å². The average molecular weight is 316 g/mol. The minimum absolute atomic E-state index is 0.184. The van der Waals surface area contributed by atoms with Crippen LogP contribution in [0.3, 0.4) is 0 Å². The monoisotopic (exact) mass is 316 g/mol. The van der Waals surface area contributed by atoms with Crippen molar-refractivity contribution in [3.05, 3.63) is 23.0 Å². The van der Waals surface area contributed by atoms with Crippen LogP contribution >= 0.6 is 11.3 Å². The van der Waals surface area contributed by atoms with Crippen LogP contribution in [-0.2, 0) is 17.6 Å². The standard InChI is InChI=1S/C17H20N2O2S/c1-19(16(20)11-5-3-2-4-6-11)17-18-15-12-9-10-21-13(12)7-8-14(15)22-17/h9-11H,2-8H2,1H3. The molecule has 1 amide bonds. The summed E-state index contributed by atoms with van der Waals surface area (Å²) in [5, 5.41) is 0.828. The Morgan fingerprint density at radius 3 is 2.95 bits per heavy atom. The molecule has 116 valence electrons. The van der Waals surface area contributed by atoms with Crippen molar-refractivity contribution in [2.24, 2.45) is 5.92 Å². The van der Waals surface area contributed by atoms with Crippen LogP contribution in [0.25, 0.3) is 11.3 Å². The van der Waals surface area contributed by atoms with Gasteiger partial charge in [-0.25, -0.2) is 4.98 Å². The molecule has 2 heterocycles. The maximum Gasteiger partial charge on any atom is 0.231 e. The Kier molecular flexibility index (Phi) is 3.53. The summed E-state index contributed by atoms with van der Waals surface area (Å²) in [5.74, 6) is 1.44. The van der Waals surface area contributed by atoms with E-state index < -0.39 is 0 Å². The third-order valence-electron chi connectivity index (χ3n) is 4.84. The fraction of sp³-hybridized carbons (Fsp3) is 0.529. The number of furan rings is 1. The molecular formula is C17H20N2O2S. The van der Waals surface area contributed by atoms with Gasteiger partial charge in [0.05, 0.1) is 12.0 Å². The van der Waals surface area contributed by atoms with Gasteiger partial charge < -0.3 is 4.42 Å². The highest BCUT2D eigenvalue weighted by atomic mass is 32.1. The summed E-state index contributed by atoms with van der Waals surface area (Å²) in [6, 6.07) is 1.99. The first-order chi connectivity index (χ1) is 10.7. The molecule has 2 aliphatic rings. The normalized spacial score (nSPS) is 17.9. The van der Waals surface area contributed by atoms with Crippen molar-refractivity contribution >= 4 is 22.4 Å². The van der Waals surface area contributed by atoms with E-state index in [1.807, 2.05) is 13.1 Å². The molecule has 0 unspecified atom stereocenters. The Bertz CT molecular complexity index is 697. The molecular weight excluding hydrogens is 296 g/mol. The molecule has 0 radical (unpaired) electrons. The molecule has 5 heteroatoms. The fourth-order valence-electron chi connectivity index (χ4n) is 3.55. The number of carbonyl (C=O) groups is 1. The van der Waals surface area contributed by atoms with Gasteiger partial charge in [-0.3, -0.25) is 9.69 Å². The maximum absolute atomic E-state index is 12.7. The van der Waals surface area contributed by atoms with E-state index in [1.165, 1.54) is 24.1 Å². The summed E-state index contributed by atoms with van der Waals surface area (Å²) in [7, 11) is 1.87. The number of anilines is 1. The third kappa shape index (κ3) is 2.28. The average Bonchev–Trinajstić information content (AvgIpc) is 3.19. The van der Waals surface area contributed by atoms with Crippen molar-refractivity contribution in [3.8, 4) is 11.3 Å². The lowest BCUT2D eigenvalue weighted by Crippen LogP contribution is -2.33. The van der Waals surface area contributed by atoms with E-state index in [1.54, 1.807) is 22.5 Å². The van der Waals surface area contributed by atoms with Crippen LogP contribution in [-0.4, -0.2) is 17.9 Å². The first kappa shape index (κ1) is 14.0. The van der Waals surface area contributed by atoms with E-state index in [-0.39, 0.29) is 11.8 Å². The summed E-state index contributed by atoms with van der Waals surface area (Å²) in [4.78, 5) is 20.5. The second-order valence-electron chi connectivity index (χ2n) is 6.26. The summed E-state index contributed by atoms with van der Waals surface area (Å²) >= 11 is 1.66. The number of nitrogens with zero attached hydrogens (tertiary/aromatic N) is 2. The van der Waals surface area contributed by atoms with E-state index in [0.717, 1.165) is 47.8 Å². The lowest BCUT2D eigenvalue weighted by molar-refractivity contribution is -0.123. The molecule has 0 bridgehead atoms. The number of carbonyl (C=O) groups excluding carboxylic acids is 1. The summed E-state index contributed by atoms with van der Waals surface area (Å²) in [6.07, 6.45) is 9.29. The highest BCUT2D eigenvalue weighted by molar-refractivity contribution is 7.16. The first-order valence-electron chi connectivity index (χ1n) is 8.08. The minimum Gasteiger partial charge on any atom is -0.469 e. The molecule has 1 fully saturated rings. The molecule has 0 N–H and O–H groups in total. The molecule has 2 aromatic rings. The molecule has 4 nitrogen and oxygen atoms in total. The summed E-state index contributed by atoms with van der Waals surface area (Å²) in [5.41, 5.74) is 2.11. The molecule has 0 spiro atoms. The van der Waals surface area contributed by atoms with Crippen molar-refractivity contribution in [1.82, 2.24) is 4.98 Å². The van der Waals surface area contributed by atoms with Crippen LogP contribution < -0.4 is 4.90 Å². The zero-order valence-corrected chi connectivity index (χ0v) is 13.6. The Morgan fingerprint density at radius 2 is 2.14 bits per heavy atom. The summed E-state index contributed by atoms with van der Waals surface area (Å²) in [6.45, 7) is 0. The lowest BCUT2D eigenvalue weighted by atomic mass is 9.88. The van der Waals surface area contributed by atoms with E-state index in [2.05, 4.69) is 0 Å². The maximum atomic E-state index is 12.7. The van der Waals surface area contributed by atoms with Gasteiger partial charge in [0.25, 0.3) is 0 Å². The van der Waals surface area contributed by atoms with E-state index in [4.69, 9.17) is 9.40 Å². The van der Waals surface area contributed by atoms with E-state index in [0.29, 0.717) is 0 Å². The molecule has 0 aromatic carbocycles. The number of aryl methyl sites for hydroxylation is 2. The minimum atomic E-state index is 0.184. The largest absolute Gasteiger partial charge is 0.469 e. The van der Waals surface area contributed by atoms with Crippen molar-refractivity contribution in [2.75, 3.05) is 11.9 Å². The third-order valence-corrected chi connectivity index (χ3v) is 6.03. The van der Waals surface area contributed by atoms with Crippen LogP contribution in [0.15, 0.2) is 16.7 Å². The Balaban J connectivity index is 1.60. The smallest absolute Gasteiger partial charge is 0.231 e. The van der Waals surface area contributed by atoms with Crippen molar-refractivity contribution < 1.29 is 9.21 Å². The number of rotatable bonds is 2. The number of aromatic nitrogens is 1. The van der Waals surface area contributed by atoms with Gasteiger partial charge >= 0.3 is 0 Å². The van der Waals surface area contributed by atoms with Crippen molar-refractivity contribution in [2.45, 2.75) is 44.9 Å². The number of hydrogen-bond donors (Lipinski definition) is 0.